The lowest BCUT2D eigenvalue weighted by Gasteiger charge is -1.99. The molecule has 0 aliphatic heterocycles. The minimum absolute atomic E-state index is 0.631. The molecule has 72 valence electrons. The zero-order chi connectivity index (χ0) is 9.80. The highest BCUT2D eigenvalue weighted by molar-refractivity contribution is 5.53. The van der Waals surface area contributed by atoms with E-state index in [0.29, 0.717) is 12.5 Å². The first kappa shape index (κ1) is 8.97. The third-order valence-corrected chi connectivity index (χ3v) is 1.94. The summed E-state index contributed by atoms with van der Waals surface area (Å²) in [6.45, 7) is 0.631. The number of hydrogen-bond acceptors (Lipinski definition) is 3. The van der Waals surface area contributed by atoms with Gasteiger partial charge < -0.3 is 9.15 Å². The largest absolute Gasteiger partial charge is 0.445 e. The van der Waals surface area contributed by atoms with Crippen molar-refractivity contribution in [1.82, 2.24) is 4.98 Å². The molecule has 0 spiro atoms. The van der Waals surface area contributed by atoms with Gasteiger partial charge in [-0.05, 0) is 17.7 Å². The molecule has 2 rings (SSSR count). The Morgan fingerprint density at radius 1 is 1.29 bits per heavy atom. The number of benzene rings is 1. The van der Waals surface area contributed by atoms with Crippen LogP contribution in [0.1, 0.15) is 5.56 Å². The highest BCUT2D eigenvalue weighted by Gasteiger charge is 2.01. The molecule has 0 aliphatic carbocycles. The lowest BCUT2D eigenvalue weighted by Crippen LogP contribution is -1.86. The van der Waals surface area contributed by atoms with Crippen LogP contribution in [0.2, 0.25) is 0 Å². The van der Waals surface area contributed by atoms with Crippen molar-refractivity contribution in [1.29, 1.82) is 0 Å². The summed E-state index contributed by atoms with van der Waals surface area (Å²) in [5.74, 6) is 0.647. The van der Waals surface area contributed by atoms with Crippen molar-refractivity contribution in [3.05, 3.63) is 42.3 Å². The summed E-state index contributed by atoms with van der Waals surface area (Å²) >= 11 is 0. The Balaban J connectivity index is 2.22. The lowest BCUT2D eigenvalue weighted by atomic mass is 10.1. The van der Waals surface area contributed by atoms with E-state index >= 15 is 0 Å². The molecule has 0 saturated carbocycles. The zero-order valence-corrected chi connectivity index (χ0v) is 7.93. The molecule has 0 N–H and O–H groups in total. The smallest absolute Gasteiger partial charge is 0.225 e. The van der Waals surface area contributed by atoms with Crippen LogP contribution in [0.15, 0.2) is 41.1 Å². The van der Waals surface area contributed by atoms with E-state index in [4.69, 9.17) is 9.15 Å². The van der Waals surface area contributed by atoms with Crippen molar-refractivity contribution in [3.8, 4) is 11.5 Å². The first-order valence-electron chi connectivity index (χ1n) is 4.38. The van der Waals surface area contributed by atoms with Crippen LogP contribution in [-0.4, -0.2) is 12.1 Å². The van der Waals surface area contributed by atoms with Crippen LogP contribution in [0.4, 0.5) is 0 Å². The van der Waals surface area contributed by atoms with Gasteiger partial charge in [-0.3, -0.25) is 0 Å². The third-order valence-electron chi connectivity index (χ3n) is 1.94. The summed E-state index contributed by atoms with van der Waals surface area (Å²) in [6.07, 6.45) is 3.21. The Bertz CT molecular complexity index is 378. The van der Waals surface area contributed by atoms with Gasteiger partial charge in [0.05, 0.1) is 12.8 Å². The molecule has 0 saturated heterocycles. The van der Waals surface area contributed by atoms with Crippen LogP contribution in [0.5, 0.6) is 0 Å². The molecule has 14 heavy (non-hydrogen) atoms. The van der Waals surface area contributed by atoms with Gasteiger partial charge in [0.1, 0.15) is 6.26 Å². The number of aromatic nitrogens is 1. The Kier molecular flexibility index (Phi) is 2.60. The van der Waals surface area contributed by atoms with Crippen molar-refractivity contribution in [2.24, 2.45) is 0 Å². The molecular weight excluding hydrogens is 178 g/mol. The number of hydrogen-bond donors (Lipinski definition) is 0. The average molecular weight is 189 g/mol. The molecule has 0 atom stereocenters. The maximum atomic E-state index is 5.18. The molecule has 0 radical (unpaired) electrons. The summed E-state index contributed by atoms with van der Waals surface area (Å²) in [7, 11) is 1.68. The Morgan fingerprint density at radius 2 is 2.07 bits per heavy atom. The van der Waals surface area contributed by atoms with Gasteiger partial charge in [-0.2, -0.15) is 0 Å². The summed E-state index contributed by atoms with van der Waals surface area (Å²) in [5.41, 5.74) is 2.12. The van der Waals surface area contributed by atoms with Crippen molar-refractivity contribution in [2.45, 2.75) is 6.61 Å². The van der Waals surface area contributed by atoms with E-state index in [-0.39, 0.29) is 0 Å². The molecule has 3 heteroatoms. The normalized spacial score (nSPS) is 10.4. The number of rotatable bonds is 3. The first-order chi connectivity index (χ1) is 6.90. The van der Waals surface area contributed by atoms with Gasteiger partial charge in [0.15, 0.2) is 0 Å². The summed E-state index contributed by atoms with van der Waals surface area (Å²) in [5, 5.41) is 0. The van der Waals surface area contributed by atoms with Crippen molar-refractivity contribution >= 4 is 0 Å². The second-order valence-corrected chi connectivity index (χ2v) is 2.97. The SMILES string of the molecule is COCc1ccc(-c2ncco2)cc1. The van der Waals surface area contributed by atoms with Crippen LogP contribution < -0.4 is 0 Å². The lowest BCUT2D eigenvalue weighted by molar-refractivity contribution is 0.185. The van der Waals surface area contributed by atoms with Crippen LogP contribution in [0.3, 0.4) is 0 Å². The molecule has 1 heterocycles. The molecular formula is C11H11NO2. The molecule has 2 aromatic rings. The van der Waals surface area contributed by atoms with E-state index < -0.39 is 0 Å². The fourth-order valence-corrected chi connectivity index (χ4v) is 1.28. The monoisotopic (exact) mass is 189 g/mol. The van der Waals surface area contributed by atoms with Crippen molar-refractivity contribution in [3.63, 3.8) is 0 Å². The van der Waals surface area contributed by atoms with Crippen molar-refractivity contribution < 1.29 is 9.15 Å². The van der Waals surface area contributed by atoms with Gasteiger partial charge in [-0.1, -0.05) is 12.1 Å². The highest BCUT2D eigenvalue weighted by Crippen LogP contribution is 2.17. The van der Waals surface area contributed by atoms with Crippen LogP contribution in [0.25, 0.3) is 11.5 Å². The average Bonchev–Trinajstić information content (AvgIpc) is 2.72. The molecule has 1 aromatic heterocycles. The second kappa shape index (κ2) is 4.07. The van der Waals surface area contributed by atoms with Gasteiger partial charge in [0.2, 0.25) is 5.89 Å². The molecule has 0 fully saturated rings. The first-order valence-corrected chi connectivity index (χ1v) is 4.38. The van der Waals surface area contributed by atoms with Gasteiger partial charge in [-0.15, -0.1) is 0 Å². The quantitative estimate of drug-likeness (QED) is 0.744. The number of methoxy groups -OCH3 is 1. The molecule has 1 aromatic carbocycles. The third kappa shape index (κ3) is 1.83. The fourth-order valence-electron chi connectivity index (χ4n) is 1.28. The Hall–Kier alpha value is -1.61. The molecule has 0 aliphatic rings. The van der Waals surface area contributed by atoms with E-state index in [0.717, 1.165) is 11.1 Å². The van der Waals surface area contributed by atoms with E-state index in [2.05, 4.69) is 4.98 Å². The zero-order valence-electron chi connectivity index (χ0n) is 7.93. The van der Waals surface area contributed by atoms with E-state index in [1.165, 1.54) is 0 Å². The maximum Gasteiger partial charge on any atom is 0.225 e. The van der Waals surface area contributed by atoms with Gasteiger partial charge >= 0.3 is 0 Å². The predicted molar refractivity (Wildman–Crippen MR) is 52.7 cm³/mol. The Labute approximate surface area is 82.3 Å². The van der Waals surface area contributed by atoms with Crippen LogP contribution in [-0.2, 0) is 11.3 Å². The number of ether oxygens (including phenoxy) is 1. The van der Waals surface area contributed by atoms with E-state index in [1.807, 2.05) is 24.3 Å². The van der Waals surface area contributed by atoms with E-state index in [1.54, 1.807) is 19.6 Å². The maximum absolute atomic E-state index is 5.18. The number of nitrogens with zero attached hydrogens (tertiary/aromatic N) is 1. The number of oxazole rings is 1. The van der Waals surface area contributed by atoms with Crippen LogP contribution in [0, 0.1) is 0 Å². The molecule has 0 unspecified atom stereocenters. The summed E-state index contributed by atoms with van der Waals surface area (Å²) < 4.78 is 10.2. The molecule has 0 bridgehead atoms. The standard InChI is InChI=1S/C11H11NO2/c1-13-8-9-2-4-10(5-3-9)11-12-6-7-14-11/h2-7H,8H2,1H3. The van der Waals surface area contributed by atoms with Gasteiger partial charge in [0.25, 0.3) is 0 Å². The Morgan fingerprint density at radius 3 is 2.64 bits per heavy atom. The van der Waals surface area contributed by atoms with E-state index in [9.17, 15) is 0 Å². The topological polar surface area (TPSA) is 35.3 Å². The fraction of sp³-hybridized carbons (Fsp3) is 0.182. The van der Waals surface area contributed by atoms with Gasteiger partial charge in [0, 0.05) is 12.7 Å². The molecule has 3 nitrogen and oxygen atoms in total. The van der Waals surface area contributed by atoms with Crippen molar-refractivity contribution in [2.75, 3.05) is 7.11 Å². The summed E-state index contributed by atoms with van der Waals surface area (Å²) in [6, 6.07) is 7.95. The predicted octanol–water partition coefficient (Wildman–Crippen LogP) is 2.49. The van der Waals surface area contributed by atoms with Gasteiger partial charge in [-0.25, -0.2) is 4.98 Å². The molecule has 0 amide bonds. The minimum Gasteiger partial charge on any atom is -0.445 e. The van der Waals surface area contributed by atoms with Crippen LogP contribution >= 0.6 is 0 Å². The highest BCUT2D eigenvalue weighted by atomic mass is 16.5. The second-order valence-electron chi connectivity index (χ2n) is 2.97. The summed E-state index contributed by atoms with van der Waals surface area (Å²) in [4.78, 5) is 4.06. The minimum atomic E-state index is 0.631.